The molecule has 27 heteroatoms. The number of nitrogens with one attached hydrogen (secondary N) is 5. The highest BCUT2D eigenvalue weighted by atomic mass is 35.5. The Bertz CT molecular complexity index is 3060. The molecule has 4 bridgehead atoms. The number of aliphatic hydroxyl groups is 1. The number of imide groups is 1. The number of hydrogen-bond acceptors (Lipinski definition) is 17. The van der Waals surface area contributed by atoms with E-state index in [1.807, 2.05) is 13.0 Å². The molecule has 4 aliphatic rings. The normalized spacial score (nSPS) is 24.7. The molecule has 4 aliphatic heterocycles. The summed E-state index contributed by atoms with van der Waals surface area (Å²) in [5.41, 5.74) is 3.95. The molecule has 26 nitrogen and oxygen atoms in total. The highest BCUT2D eigenvalue weighted by molar-refractivity contribution is 6.35. The maximum absolute atomic E-state index is 14.5. The summed E-state index contributed by atoms with van der Waals surface area (Å²) in [4.78, 5) is 136. The molecule has 8 N–H and O–H groups in total. The number of primary amides is 1. The van der Waals surface area contributed by atoms with Crippen LogP contribution in [0.2, 0.25) is 5.02 Å². The summed E-state index contributed by atoms with van der Waals surface area (Å²) in [7, 11) is 7.01. The molecule has 2 fully saturated rings. The molecule has 0 saturated carbocycles. The van der Waals surface area contributed by atoms with Crippen LogP contribution < -0.4 is 46.7 Å². The van der Waals surface area contributed by atoms with Gasteiger partial charge in [0, 0.05) is 77.0 Å². The van der Waals surface area contributed by atoms with Gasteiger partial charge in [-0.3, -0.25) is 43.8 Å². The number of anilines is 2. The largest absolute Gasteiger partial charge is 0.496 e. The van der Waals surface area contributed by atoms with Crippen molar-refractivity contribution in [3.05, 3.63) is 82.4 Å². The van der Waals surface area contributed by atoms with Crippen LogP contribution in [0.4, 0.5) is 21.0 Å². The van der Waals surface area contributed by atoms with Gasteiger partial charge in [-0.15, -0.1) is 0 Å². The zero-order valence-electron chi connectivity index (χ0n) is 51.5. The summed E-state index contributed by atoms with van der Waals surface area (Å²) >= 11 is 6.86. The number of nitrogens with two attached hydrogens (primary N) is 1. The Hall–Kier alpha value is -8.07. The van der Waals surface area contributed by atoms with Crippen LogP contribution in [0.3, 0.4) is 0 Å². The second-order valence-corrected chi connectivity index (χ2v) is 23.4. The van der Waals surface area contributed by atoms with Crippen molar-refractivity contribution in [2.24, 2.45) is 17.6 Å². The zero-order chi connectivity index (χ0) is 64.9. The first-order valence-electron chi connectivity index (χ1n) is 29.1. The van der Waals surface area contributed by atoms with E-state index in [2.05, 4.69) is 26.6 Å². The van der Waals surface area contributed by atoms with Crippen LogP contribution in [0, 0.1) is 11.8 Å². The van der Waals surface area contributed by atoms with Crippen LogP contribution in [-0.2, 0) is 58.9 Å². The van der Waals surface area contributed by atoms with Crippen LogP contribution in [0.5, 0.6) is 11.5 Å². The van der Waals surface area contributed by atoms with E-state index in [0.717, 1.165) is 20.9 Å². The van der Waals surface area contributed by atoms with Crippen molar-refractivity contribution in [1.29, 1.82) is 0 Å². The number of unbranched alkanes of at least 4 members (excludes halogenated alkanes) is 2. The number of hydrogen-bond donors (Lipinski definition) is 7. The number of amides is 10. The number of benzene rings is 2. The minimum absolute atomic E-state index is 0.0117. The molecule has 0 spiro atoms. The van der Waals surface area contributed by atoms with Gasteiger partial charge in [0.05, 0.1) is 38.0 Å². The number of carbonyl (C=O) groups is 10. The van der Waals surface area contributed by atoms with Crippen LogP contribution in [-0.4, -0.2) is 177 Å². The minimum atomic E-state index is -1.93. The molecule has 10 amide bonds. The number of halogens is 1. The number of epoxide rings is 1. The molecule has 2 aromatic rings. The monoisotopic (exact) mass is 1250 g/mol. The molecule has 480 valence electrons. The van der Waals surface area contributed by atoms with Crippen molar-refractivity contribution in [3.63, 3.8) is 0 Å². The summed E-state index contributed by atoms with van der Waals surface area (Å²) in [5, 5.41) is 25.2. The summed E-state index contributed by atoms with van der Waals surface area (Å²) in [6.45, 7) is 10.4. The number of nitrogens with zero attached hydrogens (tertiary/aromatic N) is 3. The molecule has 6 rings (SSSR count). The Kier molecular flexibility index (Phi) is 23.7. The van der Waals surface area contributed by atoms with Gasteiger partial charge in [0.1, 0.15) is 58.6 Å². The summed E-state index contributed by atoms with van der Waals surface area (Å²) < 4.78 is 35.2. The van der Waals surface area contributed by atoms with E-state index in [1.165, 1.54) is 77.6 Å². The van der Waals surface area contributed by atoms with Gasteiger partial charge in [-0.1, -0.05) is 62.6 Å². The number of methoxy groups -OCH3 is 3. The third kappa shape index (κ3) is 17.2. The van der Waals surface area contributed by atoms with Gasteiger partial charge < -0.3 is 70.3 Å². The number of alkyl carbamates (subject to hydrolysis) is 1. The molecule has 0 aliphatic carbocycles. The Balaban J connectivity index is 1.18. The van der Waals surface area contributed by atoms with Crippen LogP contribution in [0.25, 0.3) is 0 Å². The Morgan fingerprint density at radius 2 is 1.64 bits per heavy atom. The summed E-state index contributed by atoms with van der Waals surface area (Å²) in [5.74, 6) is -5.53. The number of allylic oxidation sites excluding steroid dienone is 3. The van der Waals surface area contributed by atoms with Gasteiger partial charge in [0.25, 0.3) is 17.7 Å². The SMILES string of the molecule is COc1cc(NC(=O)[C@H](CCCNC(N)=O)NC(=O)[C@@H](NC(=O)CCCCCN2C(=O)C=CC2=O)C(C)C)ccc1C(=O)N(C)[C@@H](C)C(=O)O[C@H]1CC(=O)N(C)c2cc(cc(OC)c2Cl)C/C(C)=C/C=C/[C@@H](OC)[C@@]2(O)C[C@H](OC(=O)N2)[C@@H](C)[C@@H]2O[C@@]12C. The van der Waals surface area contributed by atoms with Gasteiger partial charge >= 0.3 is 18.1 Å². The maximum Gasteiger partial charge on any atom is 0.409 e. The van der Waals surface area contributed by atoms with E-state index in [9.17, 15) is 53.1 Å². The lowest BCUT2D eigenvalue weighted by molar-refractivity contribution is -0.158. The number of likely N-dealkylation sites (N-methyl/N-ethyl adjacent to an activating group) is 1. The molecule has 88 heavy (non-hydrogen) atoms. The Labute approximate surface area is 516 Å². The lowest BCUT2D eigenvalue weighted by Gasteiger charge is -2.42. The van der Waals surface area contributed by atoms with Crippen LogP contribution >= 0.6 is 11.6 Å². The number of esters is 1. The van der Waals surface area contributed by atoms with E-state index in [0.29, 0.717) is 37.1 Å². The minimum Gasteiger partial charge on any atom is -0.496 e. The zero-order valence-corrected chi connectivity index (χ0v) is 52.3. The molecule has 0 radical (unpaired) electrons. The fraction of sp³-hybridized carbons (Fsp3) is 0.541. The average molecular weight is 1250 g/mol. The van der Waals surface area contributed by atoms with Crippen LogP contribution in [0.15, 0.2) is 66.3 Å². The third-order valence-electron chi connectivity index (χ3n) is 16.2. The molecule has 4 heterocycles. The van der Waals surface area contributed by atoms with Gasteiger partial charge in [-0.25, -0.2) is 14.4 Å². The highest BCUT2D eigenvalue weighted by Crippen LogP contribution is 2.49. The molecular weight excluding hydrogens is 1170 g/mol. The fourth-order valence-electron chi connectivity index (χ4n) is 10.8. The molecule has 0 unspecified atom stereocenters. The second-order valence-electron chi connectivity index (χ2n) is 23.0. The summed E-state index contributed by atoms with van der Waals surface area (Å²) in [6.07, 6.45) is 3.99. The number of fused-ring (bicyclic) bond motifs is 5. The Morgan fingerprint density at radius 3 is 2.28 bits per heavy atom. The highest BCUT2D eigenvalue weighted by Gasteiger charge is 2.64. The van der Waals surface area contributed by atoms with E-state index in [-0.39, 0.29) is 72.6 Å². The van der Waals surface area contributed by atoms with Gasteiger partial charge in [0.15, 0.2) is 5.72 Å². The van der Waals surface area contributed by atoms with Crippen molar-refractivity contribution in [1.82, 2.24) is 31.1 Å². The third-order valence-corrected chi connectivity index (χ3v) is 16.6. The summed E-state index contributed by atoms with van der Waals surface area (Å²) in [6, 6.07) is 3.25. The number of urea groups is 1. The van der Waals surface area contributed by atoms with E-state index >= 15 is 0 Å². The van der Waals surface area contributed by atoms with Crippen molar-refractivity contribution in [2.45, 2.75) is 153 Å². The standard InChI is InChI=1S/C61H82ClN9O17/c1-33(2)52(67-47(72)20-13-12-14-26-71-48(73)23-24-49(71)74)55(77)66-40(18-16-25-64-58(63)80)54(76)65-38-21-22-39(42(30-38)83-9)56(78)69(7)36(5)57(79)87-46-31-50(75)70(8)41-28-37(29-43(84-10)51(41)62)27-34(3)17-15-19-45(85-11)61(82)32-44(86-59(81)68-61)35(4)53-60(46,6)88-53/h15,17,19,21-24,28-30,33,35-36,40,44-46,52-53,82H,12-14,16,18,20,25-27,31-32H2,1-11H3,(H,65,76)(H,66,77)(H,67,72)(H,68,81)(H3,63,64,80)/b19-15+,34-17+/t35-,36+,40+,44+,45-,46+,52+,53+,60+,61+/m1/s1. The van der Waals surface area contributed by atoms with Crippen LogP contribution in [0.1, 0.15) is 109 Å². The lowest BCUT2D eigenvalue weighted by Crippen LogP contribution is -2.63. The van der Waals surface area contributed by atoms with Crippen molar-refractivity contribution in [2.75, 3.05) is 58.7 Å². The van der Waals surface area contributed by atoms with Gasteiger partial charge in [-0.05, 0) is 88.6 Å². The predicted octanol–water partition coefficient (Wildman–Crippen LogP) is 4.33. The molecule has 2 saturated heterocycles. The van der Waals surface area contributed by atoms with Gasteiger partial charge in [0.2, 0.25) is 23.6 Å². The molecular formula is C61H82ClN9O17. The number of rotatable bonds is 23. The first-order valence-corrected chi connectivity index (χ1v) is 29.5. The second kappa shape index (κ2) is 30.2. The lowest BCUT2D eigenvalue weighted by atomic mass is 9.83. The van der Waals surface area contributed by atoms with E-state index in [1.54, 1.807) is 52.0 Å². The first kappa shape index (κ1) is 69.0. The number of ether oxygens (including phenoxy) is 6. The van der Waals surface area contributed by atoms with E-state index in [4.69, 9.17) is 45.8 Å². The maximum atomic E-state index is 14.5. The quantitative estimate of drug-likeness (QED) is 0.0352. The van der Waals surface area contributed by atoms with Gasteiger partial charge in [-0.2, -0.15) is 0 Å². The van der Waals surface area contributed by atoms with Crippen molar-refractivity contribution in [3.8, 4) is 11.5 Å². The van der Waals surface area contributed by atoms with E-state index < -0.39 is 120 Å². The predicted molar refractivity (Wildman–Crippen MR) is 322 cm³/mol. The first-order chi connectivity index (χ1) is 41.5. The average Bonchev–Trinajstić information content (AvgIpc) is 1.85. The van der Waals surface area contributed by atoms with Crippen molar-refractivity contribution < 1.29 is 81.5 Å². The molecule has 2 aromatic carbocycles. The molecule has 0 aromatic heterocycles. The Morgan fingerprint density at radius 1 is 0.943 bits per heavy atom. The topological polar surface area (TPSA) is 345 Å². The smallest absolute Gasteiger partial charge is 0.409 e. The number of carbonyl (C=O) groups excluding carboxylic acids is 10. The van der Waals surface area contributed by atoms with Crippen molar-refractivity contribution >= 4 is 82.4 Å². The fourth-order valence-corrected chi connectivity index (χ4v) is 11.1. The molecule has 10 atom stereocenters.